The number of fused-ring (bicyclic) bond motifs is 1. The van der Waals surface area contributed by atoms with Crippen LogP contribution in [0.25, 0.3) is 26.9 Å². The Morgan fingerprint density at radius 2 is 1.82 bits per heavy atom. The summed E-state index contributed by atoms with van der Waals surface area (Å²) in [6.45, 7) is 0. The van der Waals surface area contributed by atoms with Crippen molar-refractivity contribution < 1.29 is 5.11 Å². The Labute approximate surface area is 130 Å². The van der Waals surface area contributed by atoms with E-state index in [0.717, 1.165) is 26.4 Å². The molecule has 2 aromatic carbocycles. The van der Waals surface area contributed by atoms with Crippen molar-refractivity contribution in [1.29, 1.82) is 10.5 Å². The van der Waals surface area contributed by atoms with E-state index in [4.69, 9.17) is 10.5 Å². The van der Waals surface area contributed by atoms with E-state index in [-0.39, 0.29) is 11.3 Å². The standard InChI is InChI=1S/C17H9N3OS/c18-9-12(10-19)7-11-1-3-13(4-2-11)17-20-15-6-5-14(21)8-16(15)22-17/h1-8,21H. The lowest BCUT2D eigenvalue weighted by Gasteiger charge is -1.97. The summed E-state index contributed by atoms with van der Waals surface area (Å²) in [5, 5.41) is 27.9. The lowest BCUT2D eigenvalue weighted by atomic mass is 10.1. The van der Waals surface area contributed by atoms with Crippen LogP contribution in [0.4, 0.5) is 0 Å². The minimum atomic E-state index is 0.0724. The first-order valence-corrected chi connectivity index (χ1v) is 7.23. The summed E-state index contributed by atoms with van der Waals surface area (Å²) in [5.41, 5.74) is 2.66. The number of nitriles is 2. The summed E-state index contributed by atoms with van der Waals surface area (Å²) in [6, 6.07) is 16.2. The van der Waals surface area contributed by atoms with Crippen LogP contribution < -0.4 is 0 Å². The van der Waals surface area contributed by atoms with Crippen LogP contribution in [0.1, 0.15) is 5.56 Å². The second-order valence-corrected chi connectivity index (χ2v) is 5.61. The predicted octanol–water partition coefficient (Wildman–Crippen LogP) is 4.10. The van der Waals surface area contributed by atoms with Crippen molar-refractivity contribution >= 4 is 27.6 Å². The largest absolute Gasteiger partial charge is 0.508 e. The number of allylic oxidation sites excluding steroid dienone is 1. The SMILES string of the molecule is N#CC(C#N)=Cc1ccc(-c2nc3ccc(O)cc3s2)cc1. The first-order valence-electron chi connectivity index (χ1n) is 6.41. The van der Waals surface area contributed by atoms with E-state index in [9.17, 15) is 5.11 Å². The van der Waals surface area contributed by atoms with Gasteiger partial charge in [0.1, 0.15) is 28.5 Å². The molecule has 4 nitrogen and oxygen atoms in total. The highest BCUT2D eigenvalue weighted by molar-refractivity contribution is 7.21. The maximum Gasteiger partial charge on any atom is 0.130 e. The number of thiazole rings is 1. The molecule has 0 aliphatic carbocycles. The van der Waals surface area contributed by atoms with Gasteiger partial charge in [-0.3, -0.25) is 0 Å². The van der Waals surface area contributed by atoms with E-state index in [1.54, 1.807) is 24.3 Å². The third kappa shape index (κ3) is 2.67. The van der Waals surface area contributed by atoms with Gasteiger partial charge in [0.2, 0.25) is 0 Å². The molecule has 0 aliphatic rings. The number of phenols is 1. The van der Waals surface area contributed by atoms with Gasteiger partial charge in [-0.1, -0.05) is 24.3 Å². The van der Waals surface area contributed by atoms with E-state index in [0.29, 0.717) is 0 Å². The average Bonchev–Trinajstić information content (AvgIpc) is 2.96. The molecule has 1 aromatic heterocycles. The molecule has 0 unspecified atom stereocenters. The summed E-state index contributed by atoms with van der Waals surface area (Å²) >= 11 is 1.50. The Bertz CT molecular complexity index is 940. The number of aromatic hydroxyl groups is 1. The molecule has 0 atom stereocenters. The van der Waals surface area contributed by atoms with Gasteiger partial charge in [-0.2, -0.15) is 10.5 Å². The highest BCUT2D eigenvalue weighted by Gasteiger charge is 2.07. The van der Waals surface area contributed by atoms with Crippen molar-refractivity contribution in [3.05, 3.63) is 53.6 Å². The first-order chi connectivity index (χ1) is 10.7. The van der Waals surface area contributed by atoms with Crippen LogP contribution in [0.5, 0.6) is 5.75 Å². The zero-order valence-corrected chi connectivity index (χ0v) is 12.1. The van der Waals surface area contributed by atoms with Crippen LogP contribution in [0.2, 0.25) is 0 Å². The Hall–Kier alpha value is -3.15. The van der Waals surface area contributed by atoms with Crippen LogP contribution in [0.15, 0.2) is 48.0 Å². The van der Waals surface area contributed by atoms with E-state index in [1.807, 2.05) is 36.4 Å². The highest BCUT2D eigenvalue weighted by Crippen LogP contribution is 2.32. The molecular weight excluding hydrogens is 294 g/mol. The second kappa shape index (κ2) is 5.69. The van der Waals surface area contributed by atoms with Gasteiger partial charge in [0.15, 0.2) is 0 Å². The van der Waals surface area contributed by atoms with Crippen LogP contribution in [-0.2, 0) is 0 Å². The van der Waals surface area contributed by atoms with Gasteiger partial charge in [0.25, 0.3) is 0 Å². The van der Waals surface area contributed by atoms with Crippen molar-refractivity contribution in [2.75, 3.05) is 0 Å². The Kier molecular flexibility index (Phi) is 3.57. The smallest absolute Gasteiger partial charge is 0.130 e. The zero-order chi connectivity index (χ0) is 15.5. The molecule has 0 radical (unpaired) electrons. The van der Waals surface area contributed by atoms with Crippen LogP contribution in [0.3, 0.4) is 0 Å². The van der Waals surface area contributed by atoms with Gasteiger partial charge in [-0.25, -0.2) is 4.98 Å². The van der Waals surface area contributed by atoms with E-state index < -0.39 is 0 Å². The molecule has 0 saturated carbocycles. The molecule has 0 spiro atoms. The Balaban J connectivity index is 1.97. The molecule has 1 heterocycles. The van der Waals surface area contributed by atoms with Crippen molar-refractivity contribution in [3.63, 3.8) is 0 Å². The number of nitrogens with zero attached hydrogens (tertiary/aromatic N) is 3. The van der Waals surface area contributed by atoms with Crippen molar-refractivity contribution in [2.45, 2.75) is 0 Å². The van der Waals surface area contributed by atoms with Crippen LogP contribution in [-0.4, -0.2) is 10.1 Å². The first kappa shape index (κ1) is 13.8. The zero-order valence-electron chi connectivity index (χ0n) is 11.3. The molecule has 3 rings (SSSR count). The van der Waals surface area contributed by atoms with Crippen molar-refractivity contribution in [2.24, 2.45) is 0 Å². The van der Waals surface area contributed by atoms with E-state index in [1.165, 1.54) is 11.3 Å². The Morgan fingerprint density at radius 1 is 1.09 bits per heavy atom. The van der Waals surface area contributed by atoms with Gasteiger partial charge in [0.05, 0.1) is 10.2 Å². The van der Waals surface area contributed by atoms with Crippen molar-refractivity contribution in [3.8, 4) is 28.5 Å². The normalized spacial score (nSPS) is 9.91. The molecule has 0 saturated heterocycles. The minimum Gasteiger partial charge on any atom is -0.508 e. The lowest BCUT2D eigenvalue weighted by molar-refractivity contribution is 0.476. The number of hydrogen-bond donors (Lipinski definition) is 1. The summed E-state index contributed by atoms with van der Waals surface area (Å²) in [5.74, 6) is 0.226. The number of rotatable bonds is 2. The fraction of sp³-hybridized carbons (Fsp3) is 0. The monoisotopic (exact) mass is 303 g/mol. The molecule has 22 heavy (non-hydrogen) atoms. The minimum absolute atomic E-state index is 0.0724. The maximum absolute atomic E-state index is 9.50. The molecule has 3 aromatic rings. The second-order valence-electron chi connectivity index (χ2n) is 4.57. The number of phenolic OH excluding ortho intramolecular Hbond substituents is 1. The lowest BCUT2D eigenvalue weighted by Crippen LogP contribution is -1.79. The highest BCUT2D eigenvalue weighted by atomic mass is 32.1. The average molecular weight is 303 g/mol. The van der Waals surface area contributed by atoms with Crippen LogP contribution >= 0.6 is 11.3 Å². The van der Waals surface area contributed by atoms with Gasteiger partial charge in [-0.05, 0) is 29.8 Å². The van der Waals surface area contributed by atoms with Crippen molar-refractivity contribution in [1.82, 2.24) is 4.98 Å². The fourth-order valence-corrected chi connectivity index (χ4v) is 3.02. The maximum atomic E-state index is 9.50. The van der Waals surface area contributed by atoms with Gasteiger partial charge >= 0.3 is 0 Å². The quantitative estimate of drug-likeness (QED) is 0.723. The summed E-state index contributed by atoms with van der Waals surface area (Å²) < 4.78 is 0.926. The predicted molar refractivity (Wildman–Crippen MR) is 85.9 cm³/mol. The third-order valence-electron chi connectivity index (χ3n) is 3.08. The van der Waals surface area contributed by atoms with E-state index >= 15 is 0 Å². The van der Waals surface area contributed by atoms with Crippen LogP contribution in [0, 0.1) is 22.7 Å². The molecular formula is C17H9N3OS. The number of aromatic nitrogens is 1. The van der Waals surface area contributed by atoms with Gasteiger partial charge in [0, 0.05) is 5.56 Å². The molecule has 1 N–H and O–H groups in total. The Morgan fingerprint density at radius 3 is 2.50 bits per heavy atom. The molecule has 0 aliphatic heterocycles. The molecule has 0 fully saturated rings. The molecule has 5 heteroatoms. The summed E-state index contributed by atoms with van der Waals surface area (Å²) in [7, 11) is 0. The molecule has 0 amide bonds. The molecule has 0 bridgehead atoms. The third-order valence-corrected chi connectivity index (χ3v) is 4.15. The topological polar surface area (TPSA) is 80.7 Å². The summed E-state index contributed by atoms with van der Waals surface area (Å²) in [6.07, 6.45) is 1.54. The van der Waals surface area contributed by atoms with E-state index in [2.05, 4.69) is 4.98 Å². The molecule has 104 valence electrons. The van der Waals surface area contributed by atoms with Gasteiger partial charge < -0.3 is 5.11 Å². The number of benzene rings is 2. The fourth-order valence-electron chi connectivity index (χ4n) is 2.01. The summed E-state index contributed by atoms with van der Waals surface area (Å²) in [4.78, 5) is 4.53. The number of hydrogen-bond acceptors (Lipinski definition) is 5. The van der Waals surface area contributed by atoms with Gasteiger partial charge in [-0.15, -0.1) is 11.3 Å².